The van der Waals surface area contributed by atoms with Crippen molar-refractivity contribution in [1.82, 2.24) is 24.1 Å². The Morgan fingerprint density at radius 3 is 2.50 bits per heavy atom. The molecule has 1 amide bonds. The first-order valence-corrected chi connectivity index (χ1v) is 14.8. The number of carbonyl (C=O) groups excluding carboxylic acids is 1. The van der Waals surface area contributed by atoms with E-state index in [-0.39, 0.29) is 34.2 Å². The van der Waals surface area contributed by atoms with Gasteiger partial charge < -0.3 is 19.9 Å². The molecule has 4 rings (SSSR count). The summed E-state index contributed by atoms with van der Waals surface area (Å²) in [5, 5.41) is 3.30. The number of sulfonamides is 1. The van der Waals surface area contributed by atoms with E-state index in [9.17, 15) is 13.2 Å². The van der Waals surface area contributed by atoms with Crippen LogP contribution in [0.25, 0.3) is 0 Å². The van der Waals surface area contributed by atoms with Gasteiger partial charge in [0.15, 0.2) is 5.82 Å². The second kappa shape index (κ2) is 12.5. The minimum Gasteiger partial charge on any atom is -0.491 e. The number of amides is 1. The van der Waals surface area contributed by atoms with Crippen molar-refractivity contribution in [2.75, 3.05) is 52.6 Å². The highest BCUT2D eigenvalue weighted by molar-refractivity contribution is 7.89. The van der Waals surface area contributed by atoms with Crippen LogP contribution in [-0.4, -0.2) is 91.8 Å². The van der Waals surface area contributed by atoms with Crippen molar-refractivity contribution >= 4 is 39.0 Å². The van der Waals surface area contributed by atoms with Crippen LogP contribution >= 0.6 is 11.6 Å². The first-order valence-electron chi connectivity index (χ1n) is 13.0. The summed E-state index contributed by atoms with van der Waals surface area (Å²) in [7, 11) is 1.28. The number of ether oxygens (including phenoxy) is 1. The largest absolute Gasteiger partial charge is 0.491 e. The van der Waals surface area contributed by atoms with E-state index in [0.717, 1.165) is 23.0 Å². The quantitative estimate of drug-likeness (QED) is 0.402. The lowest BCUT2D eigenvalue weighted by Crippen LogP contribution is -2.47. The third-order valence-corrected chi connectivity index (χ3v) is 8.65. The third-order valence-electron chi connectivity index (χ3n) is 6.50. The standard InChI is InChI=1S/C28H35ClN6O4S/c1-19(2)39-24-11-10-20(28(36)35-14-12-34(5)13-15-35)16-21(24)17-26-30-18-22(29)27(32-26)31-23-8-6-7-9-25(23)40(37,38)33(3)4/h6-11,16,18-19H,12-15,17H2,1-5H3,(H,30,31,32). The van der Waals surface area contributed by atoms with Gasteiger partial charge in [-0.1, -0.05) is 23.7 Å². The average Bonchev–Trinajstić information content (AvgIpc) is 2.91. The van der Waals surface area contributed by atoms with Crippen molar-refractivity contribution in [1.29, 1.82) is 0 Å². The van der Waals surface area contributed by atoms with Gasteiger partial charge in [-0.25, -0.2) is 22.7 Å². The van der Waals surface area contributed by atoms with Crippen molar-refractivity contribution < 1.29 is 17.9 Å². The molecule has 0 saturated carbocycles. The zero-order valence-corrected chi connectivity index (χ0v) is 25.0. The number of para-hydroxylation sites is 1. The van der Waals surface area contributed by atoms with E-state index in [0.29, 0.717) is 35.9 Å². The van der Waals surface area contributed by atoms with Crippen molar-refractivity contribution in [3.63, 3.8) is 0 Å². The molecule has 0 aliphatic carbocycles. The van der Waals surface area contributed by atoms with Gasteiger partial charge in [-0.05, 0) is 51.2 Å². The summed E-state index contributed by atoms with van der Waals surface area (Å²) in [6.07, 6.45) is 1.67. The number of benzene rings is 2. The number of anilines is 2. The van der Waals surface area contributed by atoms with Gasteiger partial charge >= 0.3 is 0 Å². The maximum atomic E-state index is 13.3. The van der Waals surface area contributed by atoms with Crippen LogP contribution in [0.3, 0.4) is 0 Å². The van der Waals surface area contributed by atoms with E-state index in [1.165, 1.54) is 26.4 Å². The summed E-state index contributed by atoms with van der Waals surface area (Å²) in [5.74, 6) is 1.31. The summed E-state index contributed by atoms with van der Waals surface area (Å²) in [5.41, 5.74) is 1.68. The zero-order valence-electron chi connectivity index (χ0n) is 23.4. The van der Waals surface area contributed by atoms with Gasteiger partial charge in [0.2, 0.25) is 10.0 Å². The van der Waals surface area contributed by atoms with Gasteiger partial charge in [0.1, 0.15) is 21.5 Å². The molecule has 3 aromatic rings. The SMILES string of the molecule is CC(C)Oc1ccc(C(=O)N2CCN(C)CC2)cc1Cc1ncc(Cl)c(Nc2ccccc2S(=O)(=O)N(C)C)n1. The monoisotopic (exact) mass is 586 g/mol. The number of halogens is 1. The molecule has 0 atom stereocenters. The second-order valence-corrected chi connectivity index (χ2v) is 12.7. The summed E-state index contributed by atoms with van der Waals surface area (Å²) < 4.78 is 32.9. The molecule has 0 bridgehead atoms. The summed E-state index contributed by atoms with van der Waals surface area (Å²) in [4.78, 5) is 26.4. The van der Waals surface area contributed by atoms with E-state index in [4.69, 9.17) is 16.3 Å². The molecule has 2 heterocycles. The Morgan fingerprint density at radius 1 is 1.12 bits per heavy atom. The molecule has 2 aromatic carbocycles. The van der Waals surface area contributed by atoms with Crippen LogP contribution in [0.1, 0.15) is 35.6 Å². The number of aromatic nitrogens is 2. The molecule has 0 spiro atoms. The molecule has 1 saturated heterocycles. The van der Waals surface area contributed by atoms with Crippen molar-refractivity contribution in [2.24, 2.45) is 0 Å². The average molecular weight is 587 g/mol. The van der Waals surface area contributed by atoms with Gasteiger partial charge in [0, 0.05) is 57.8 Å². The minimum atomic E-state index is -3.71. The normalized spacial score (nSPS) is 14.6. The number of nitrogens with zero attached hydrogens (tertiary/aromatic N) is 5. The number of carbonyl (C=O) groups is 1. The predicted octanol–water partition coefficient (Wildman–Crippen LogP) is 3.89. The maximum Gasteiger partial charge on any atom is 0.253 e. The third kappa shape index (κ3) is 6.90. The van der Waals surface area contributed by atoms with E-state index in [1.54, 1.807) is 24.3 Å². The molecule has 0 unspecified atom stereocenters. The van der Waals surface area contributed by atoms with Crippen LogP contribution in [0.5, 0.6) is 5.75 Å². The second-order valence-electron chi connectivity index (χ2n) is 10.2. The van der Waals surface area contributed by atoms with Crippen molar-refractivity contribution in [3.05, 3.63) is 70.6 Å². The smallest absolute Gasteiger partial charge is 0.253 e. The molecule has 1 fully saturated rings. The number of rotatable bonds is 9. The number of nitrogens with one attached hydrogen (secondary N) is 1. The maximum absolute atomic E-state index is 13.3. The highest BCUT2D eigenvalue weighted by Crippen LogP contribution is 2.30. The van der Waals surface area contributed by atoms with Gasteiger partial charge in [-0.3, -0.25) is 4.79 Å². The lowest BCUT2D eigenvalue weighted by atomic mass is 10.0. The molecule has 0 radical (unpaired) electrons. The Hall–Kier alpha value is -3.25. The highest BCUT2D eigenvalue weighted by Gasteiger charge is 2.23. The number of hydrogen-bond donors (Lipinski definition) is 1. The Bertz CT molecular complexity index is 1470. The lowest BCUT2D eigenvalue weighted by Gasteiger charge is -2.32. The fraction of sp³-hybridized carbons (Fsp3) is 0.393. The van der Waals surface area contributed by atoms with E-state index in [1.807, 2.05) is 37.9 Å². The topological polar surface area (TPSA) is 108 Å². The van der Waals surface area contributed by atoms with Crippen molar-refractivity contribution in [2.45, 2.75) is 31.3 Å². The van der Waals surface area contributed by atoms with Crippen LogP contribution in [0.4, 0.5) is 11.5 Å². The fourth-order valence-corrected chi connectivity index (χ4v) is 5.46. The molecule has 1 aromatic heterocycles. The fourth-order valence-electron chi connectivity index (χ4n) is 4.28. The molecule has 1 N–H and O–H groups in total. The van der Waals surface area contributed by atoms with Gasteiger partial charge in [-0.2, -0.15) is 0 Å². The van der Waals surface area contributed by atoms with Crippen LogP contribution in [0.2, 0.25) is 5.02 Å². The predicted molar refractivity (Wildman–Crippen MR) is 156 cm³/mol. The summed E-state index contributed by atoms with van der Waals surface area (Å²) in [6, 6.07) is 12.0. The van der Waals surface area contributed by atoms with Crippen LogP contribution in [0, 0.1) is 0 Å². The number of piperazine rings is 1. The molecular weight excluding hydrogens is 552 g/mol. The zero-order chi connectivity index (χ0) is 29.0. The van der Waals surface area contributed by atoms with Crippen LogP contribution < -0.4 is 10.1 Å². The molecule has 1 aliphatic heterocycles. The summed E-state index contributed by atoms with van der Waals surface area (Å²) >= 11 is 6.42. The lowest BCUT2D eigenvalue weighted by molar-refractivity contribution is 0.0664. The summed E-state index contributed by atoms with van der Waals surface area (Å²) in [6.45, 7) is 6.89. The van der Waals surface area contributed by atoms with Gasteiger partial charge in [-0.15, -0.1) is 0 Å². The van der Waals surface area contributed by atoms with E-state index >= 15 is 0 Å². The Kier molecular flexibility index (Phi) is 9.29. The van der Waals surface area contributed by atoms with E-state index < -0.39 is 10.0 Å². The first-order chi connectivity index (χ1) is 19.0. The highest BCUT2D eigenvalue weighted by atomic mass is 35.5. The molecule has 214 valence electrons. The molecular formula is C28H35ClN6O4S. The first kappa shape index (κ1) is 29.7. The van der Waals surface area contributed by atoms with Gasteiger partial charge in [0.25, 0.3) is 5.91 Å². The van der Waals surface area contributed by atoms with Crippen LogP contribution in [0.15, 0.2) is 53.6 Å². The van der Waals surface area contributed by atoms with Crippen LogP contribution in [-0.2, 0) is 16.4 Å². The van der Waals surface area contributed by atoms with Gasteiger partial charge in [0.05, 0.1) is 18.0 Å². The Balaban J connectivity index is 1.64. The molecule has 1 aliphatic rings. The molecule has 40 heavy (non-hydrogen) atoms. The van der Waals surface area contributed by atoms with E-state index in [2.05, 4.69) is 20.2 Å². The minimum absolute atomic E-state index is 0.0245. The molecule has 10 nitrogen and oxygen atoms in total. The Morgan fingerprint density at radius 2 is 1.82 bits per heavy atom. The number of hydrogen-bond acceptors (Lipinski definition) is 8. The molecule has 12 heteroatoms. The number of likely N-dealkylation sites (N-methyl/N-ethyl adjacent to an activating group) is 1. The van der Waals surface area contributed by atoms with Crippen molar-refractivity contribution in [3.8, 4) is 5.75 Å². The Labute approximate surface area is 241 Å².